The van der Waals surface area contributed by atoms with Crippen molar-refractivity contribution >= 4 is 23.2 Å². The molecule has 0 unspecified atom stereocenters. The molecule has 0 spiro atoms. The Bertz CT molecular complexity index is 630. The van der Waals surface area contributed by atoms with E-state index in [0.717, 1.165) is 62.9 Å². The second-order valence-electron chi connectivity index (χ2n) is 7.18. The van der Waals surface area contributed by atoms with E-state index in [2.05, 4.69) is 11.4 Å². The highest BCUT2D eigenvalue weighted by atomic mass is 16.2. The van der Waals surface area contributed by atoms with Crippen molar-refractivity contribution in [3.05, 3.63) is 23.8 Å². The molecular formula is C19H24N2O2. The third-order valence-corrected chi connectivity index (χ3v) is 5.42. The van der Waals surface area contributed by atoms with Gasteiger partial charge in [0.25, 0.3) is 0 Å². The molecule has 4 heteroatoms. The average molecular weight is 312 g/mol. The lowest BCUT2D eigenvalue weighted by Gasteiger charge is -2.21. The molecule has 23 heavy (non-hydrogen) atoms. The Morgan fingerprint density at radius 3 is 2.52 bits per heavy atom. The van der Waals surface area contributed by atoms with Crippen LogP contribution in [-0.4, -0.2) is 18.4 Å². The Kier molecular flexibility index (Phi) is 3.83. The third-order valence-electron chi connectivity index (χ3n) is 5.42. The van der Waals surface area contributed by atoms with Crippen molar-refractivity contribution in [2.75, 3.05) is 16.8 Å². The maximum Gasteiger partial charge on any atom is 0.230 e. The normalized spacial score (nSPS) is 21.1. The molecule has 0 bridgehead atoms. The zero-order valence-electron chi connectivity index (χ0n) is 13.5. The molecule has 0 radical (unpaired) electrons. The van der Waals surface area contributed by atoms with Gasteiger partial charge in [0.2, 0.25) is 11.8 Å². The molecule has 1 aromatic rings. The number of hydrogen-bond donors (Lipinski definition) is 1. The number of rotatable bonds is 3. The summed E-state index contributed by atoms with van der Waals surface area (Å²) in [4.78, 5) is 26.7. The van der Waals surface area contributed by atoms with Crippen molar-refractivity contribution in [2.45, 2.75) is 51.4 Å². The van der Waals surface area contributed by atoms with Crippen LogP contribution in [0.3, 0.4) is 0 Å². The highest BCUT2D eigenvalue weighted by molar-refractivity contribution is 6.00. The Morgan fingerprint density at radius 1 is 1.00 bits per heavy atom. The minimum Gasteiger partial charge on any atom is -0.326 e. The summed E-state index contributed by atoms with van der Waals surface area (Å²) in [5, 5.41) is 3.07. The summed E-state index contributed by atoms with van der Waals surface area (Å²) in [5.74, 6) is 0.796. The number of carbonyl (C=O) groups excluding carboxylic acids is 2. The predicted octanol–water partition coefficient (Wildman–Crippen LogP) is 3.50. The van der Waals surface area contributed by atoms with E-state index >= 15 is 0 Å². The number of benzene rings is 1. The van der Waals surface area contributed by atoms with E-state index in [1.807, 2.05) is 17.0 Å². The first-order valence-corrected chi connectivity index (χ1v) is 8.97. The standard InChI is InChI=1S/C19H24N2O2/c22-18(14-4-2-1-3-5-14)20-16-9-8-13-10-11-21(17(13)12-16)19(23)15-6-7-15/h8-9,12,14-15H,1-7,10-11H2,(H,20,22). The predicted molar refractivity (Wildman–Crippen MR) is 90.4 cm³/mol. The van der Waals surface area contributed by atoms with E-state index in [-0.39, 0.29) is 23.7 Å². The van der Waals surface area contributed by atoms with Crippen molar-refractivity contribution < 1.29 is 9.59 Å². The highest BCUT2D eigenvalue weighted by Crippen LogP contribution is 2.37. The zero-order chi connectivity index (χ0) is 15.8. The second kappa shape index (κ2) is 5.99. The molecule has 1 aromatic carbocycles. The molecule has 2 aliphatic carbocycles. The molecule has 4 rings (SSSR count). The molecule has 0 aromatic heterocycles. The van der Waals surface area contributed by atoms with Gasteiger partial charge in [-0.1, -0.05) is 25.3 Å². The molecule has 2 amide bonds. The van der Waals surface area contributed by atoms with Gasteiger partial charge in [-0.05, 0) is 49.8 Å². The van der Waals surface area contributed by atoms with Crippen LogP contribution in [0, 0.1) is 11.8 Å². The van der Waals surface area contributed by atoms with E-state index in [4.69, 9.17) is 0 Å². The summed E-state index contributed by atoms with van der Waals surface area (Å²) in [6, 6.07) is 6.03. The Labute approximate surface area is 137 Å². The Morgan fingerprint density at radius 2 is 1.78 bits per heavy atom. The SMILES string of the molecule is O=C(Nc1ccc2c(c1)N(C(=O)C1CC1)CC2)C1CCCCC1. The monoisotopic (exact) mass is 312 g/mol. The fourth-order valence-electron chi connectivity index (χ4n) is 3.85. The van der Waals surface area contributed by atoms with E-state index in [1.54, 1.807) is 0 Å². The molecule has 2 saturated carbocycles. The van der Waals surface area contributed by atoms with Gasteiger partial charge in [-0.15, -0.1) is 0 Å². The van der Waals surface area contributed by atoms with Crippen molar-refractivity contribution in [2.24, 2.45) is 11.8 Å². The lowest BCUT2D eigenvalue weighted by atomic mass is 9.88. The van der Waals surface area contributed by atoms with Gasteiger partial charge >= 0.3 is 0 Å². The molecule has 2 fully saturated rings. The smallest absolute Gasteiger partial charge is 0.230 e. The van der Waals surface area contributed by atoms with E-state index in [9.17, 15) is 9.59 Å². The summed E-state index contributed by atoms with van der Waals surface area (Å²) in [5.41, 5.74) is 3.05. The van der Waals surface area contributed by atoms with Crippen LogP contribution in [0.25, 0.3) is 0 Å². The van der Waals surface area contributed by atoms with Crippen molar-refractivity contribution in [1.29, 1.82) is 0 Å². The van der Waals surface area contributed by atoms with Crippen LogP contribution in [0.1, 0.15) is 50.5 Å². The third kappa shape index (κ3) is 2.99. The number of anilines is 2. The molecule has 4 nitrogen and oxygen atoms in total. The van der Waals surface area contributed by atoms with Crippen molar-refractivity contribution in [3.63, 3.8) is 0 Å². The highest BCUT2D eigenvalue weighted by Gasteiger charge is 2.36. The number of amides is 2. The largest absolute Gasteiger partial charge is 0.326 e. The number of hydrogen-bond acceptors (Lipinski definition) is 2. The summed E-state index contributed by atoms with van der Waals surface area (Å²) >= 11 is 0. The molecular weight excluding hydrogens is 288 g/mol. The van der Waals surface area contributed by atoms with Gasteiger partial charge in [0, 0.05) is 29.8 Å². The van der Waals surface area contributed by atoms with Crippen LogP contribution < -0.4 is 10.2 Å². The number of nitrogens with one attached hydrogen (secondary N) is 1. The van der Waals surface area contributed by atoms with Crippen LogP contribution in [0.15, 0.2) is 18.2 Å². The minimum atomic E-state index is 0.141. The minimum absolute atomic E-state index is 0.141. The lowest BCUT2D eigenvalue weighted by Crippen LogP contribution is -2.30. The molecule has 0 atom stereocenters. The number of fused-ring (bicyclic) bond motifs is 1. The van der Waals surface area contributed by atoms with Gasteiger partial charge < -0.3 is 10.2 Å². The van der Waals surface area contributed by atoms with E-state index in [1.165, 1.54) is 12.0 Å². The van der Waals surface area contributed by atoms with Crippen molar-refractivity contribution in [3.8, 4) is 0 Å². The molecule has 1 heterocycles. The zero-order valence-corrected chi connectivity index (χ0v) is 13.5. The fourth-order valence-corrected chi connectivity index (χ4v) is 3.85. The summed E-state index contributed by atoms with van der Waals surface area (Å²) in [6.45, 7) is 0.782. The average Bonchev–Trinajstić information content (AvgIpc) is 3.35. The Balaban J connectivity index is 1.49. The quantitative estimate of drug-likeness (QED) is 0.928. The second-order valence-corrected chi connectivity index (χ2v) is 7.18. The lowest BCUT2D eigenvalue weighted by molar-refractivity contribution is -0.121. The molecule has 0 saturated heterocycles. The first kappa shape index (κ1) is 14.7. The molecule has 1 N–H and O–H groups in total. The number of carbonyl (C=O) groups is 2. The summed E-state index contributed by atoms with van der Waals surface area (Å²) in [7, 11) is 0. The van der Waals surface area contributed by atoms with Crippen LogP contribution in [0.4, 0.5) is 11.4 Å². The summed E-state index contributed by atoms with van der Waals surface area (Å²) < 4.78 is 0. The van der Waals surface area contributed by atoms with Gasteiger partial charge in [0.15, 0.2) is 0 Å². The van der Waals surface area contributed by atoms with Gasteiger partial charge in [-0.2, -0.15) is 0 Å². The van der Waals surface area contributed by atoms with Gasteiger partial charge in [-0.3, -0.25) is 9.59 Å². The van der Waals surface area contributed by atoms with Crippen LogP contribution >= 0.6 is 0 Å². The van der Waals surface area contributed by atoms with Gasteiger partial charge in [0.05, 0.1) is 0 Å². The first-order chi connectivity index (χ1) is 11.2. The van der Waals surface area contributed by atoms with Gasteiger partial charge in [-0.25, -0.2) is 0 Å². The van der Waals surface area contributed by atoms with Gasteiger partial charge in [0.1, 0.15) is 0 Å². The van der Waals surface area contributed by atoms with E-state index < -0.39 is 0 Å². The fraction of sp³-hybridized carbons (Fsp3) is 0.579. The molecule has 3 aliphatic rings. The topological polar surface area (TPSA) is 49.4 Å². The van der Waals surface area contributed by atoms with Crippen LogP contribution in [-0.2, 0) is 16.0 Å². The maximum absolute atomic E-state index is 12.4. The Hall–Kier alpha value is -1.84. The van der Waals surface area contributed by atoms with Crippen LogP contribution in [0.5, 0.6) is 0 Å². The van der Waals surface area contributed by atoms with E-state index in [0.29, 0.717) is 0 Å². The van der Waals surface area contributed by atoms with Crippen LogP contribution in [0.2, 0.25) is 0 Å². The first-order valence-electron chi connectivity index (χ1n) is 8.97. The van der Waals surface area contributed by atoms with Crippen molar-refractivity contribution in [1.82, 2.24) is 0 Å². The number of nitrogens with zero attached hydrogens (tertiary/aromatic N) is 1. The summed E-state index contributed by atoms with van der Waals surface area (Å²) in [6.07, 6.45) is 8.56. The molecule has 1 aliphatic heterocycles. The maximum atomic E-state index is 12.4. The molecule has 122 valence electrons.